The maximum atomic E-state index is 11.8. The molecule has 104 valence electrons. The van der Waals surface area contributed by atoms with Crippen LogP contribution in [-0.2, 0) is 0 Å². The van der Waals surface area contributed by atoms with Crippen molar-refractivity contribution in [1.29, 1.82) is 0 Å². The van der Waals surface area contributed by atoms with Crippen LogP contribution in [0.2, 0.25) is 0 Å². The van der Waals surface area contributed by atoms with Crippen molar-refractivity contribution in [2.45, 2.75) is 13.3 Å². The first-order valence-electron chi connectivity index (χ1n) is 5.93. The molecule has 0 radical (unpaired) electrons. The zero-order chi connectivity index (χ0) is 14.4. The summed E-state index contributed by atoms with van der Waals surface area (Å²) in [4.78, 5) is 24.3. The molecule has 0 spiro atoms. The lowest BCUT2D eigenvalue weighted by molar-refractivity contribution is 0.0696. The topological polar surface area (TPSA) is 89.9 Å². The molecule has 19 heavy (non-hydrogen) atoms. The van der Waals surface area contributed by atoms with Gasteiger partial charge < -0.3 is 20.4 Å². The van der Waals surface area contributed by atoms with Crippen LogP contribution < -0.4 is 5.32 Å². The highest BCUT2D eigenvalue weighted by atomic mass is 16.4. The molecule has 1 aromatic carbocycles. The zero-order valence-corrected chi connectivity index (χ0v) is 11.0. The minimum absolute atomic E-state index is 0.0190. The molecule has 0 bridgehead atoms. The van der Waals surface area contributed by atoms with Gasteiger partial charge in [0, 0.05) is 25.9 Å². The Bertz CT molecular complexity index is 474. The van der Waals surface area contributed by atoms with Gasteiger partial charge in [-0.25, -0.2) is 9.59 Å². The Hall–Kier alpha value is -2.08. The van der Waals surface area contributed by atoms with Crippen molar-refractivity contribution in [1.82, 2.24) is 4.90 Å². The van der Waals surface area contributed by atoms with E-state index in [2.05, 4.69) is 5.32 Å². The van der Waals surface area contributed by atoms with Crippen molar-refractivity contribution < 1.29 is 19.8 Å². The van der Waals surface area contributed by atoms with Gasteiger partial charge in [-0.3, -0.25) is 0 Å². The molecule has 0 aromatic heterocycles. The lowest BCUT2D eigenvalue weighted by Crippen LogP contribution is -2.32. The number of carbonyl (C=O) groups is 2. The second kappa shape index (κ2) is 6.75. The van der Waals surface area contributed by atoms with E-state index in [-0.39, 0.29) is 18.2 Å². The molecule has 1 rings (SSSR count). The summed E-state index contributed by atoms with van der Waals surface area (Å²) in [6.45, 7) is 2.10. The van der Waals surface area contributed by atoms with Crippen LogP contribution in [0.1, 0.15) is 22.3 Å². The van der Waals surface area contributed by atoms with Gasteiger partial charge >= 0.3 is 12.0 Å². The third kappa shape index (κ3) is 3.96. The second-order valence-corrected chi connectivity index (χ2v) is 4.21. The van der Waals surface area contributed by atoms with Crippen LogP contribution in [0.15, 0.2) is 18.2 Å². The highest BCUT2D eigenvalue weighted by Crippen LogP contribution is 2.19. The molecule has 0 aliphatic carbocycles. The van der Waals surface area contributed by atoms with Crippen LogP contribution in [0.4, 0.5) is 10.5 Å². The molecular formula is C13H18N2O4. The summed E-state index contributed by atoms with van der Waals surface area (Å²) >= 11 is 0. The predicted octanol–water partition coefficient (Wildman–Crippen LogP) is 1.54. The summed E-state index contributed by atoms with van der Waals surface area (Å²) in [5, 5.41) is 20.4. The van der Waals surface area contributed by atoms with E-state index in [4.69, 9.17) is 10.2 Å². The molecule has 0 saturated heterocycles. The first-order valence-corrected chi connectivity index (χ1v) is 5.93. The van der Waals surface area contributed by atoms with Gasteiger partial charge in [0.15, 0.2) is 0 Å². The number of aromatic carboxylic acids is 1. The molecule has 3 N–H and O–H groups in total. The number of carbonyl (C=O) groups excluding carboxylic acids is 1. The van der Waals surface area contributed by atoms with E-state index >= 15 is 0 Å². The molecule has 6 nitrogen and oxygen atoms in total. The number of rotatable bonds is 5. The van der Waals surface area contributed by atoms with E-state index in [0.29, 0.717) is 24.2 Å². The zero-order valence-electron chi connectivity index (χ0n) is 11.0. The summed E-state index contributed by atoms with van der Waals surface area (Å²) in [5.41, 5.74) is 1.15. The Kier molecular flexibility index (Phi) is 5.32. The third-order valence-electron chi connectivity index (χ3n) is 2.80. The minimum Gasteiger partial charge on any atom is -0.478 e. The van der Waals surface area contributed by atoms with Gasteiger partial charge in [-0.15, -0.1) is 0 Å². The normalized spacial score (nSPS) is 10.1. The average molecular weight is 266 g/mol. The molecule has 1 aromatic rings. The van der Waals surface area contributed by atoms with E-state index in [0.717, 1.165) is 0 Å². The van der Waals surface area contributed by atoms with E-state index < -0.39 is 5.97 Å². The molecule has 6 heteroatoms. The van der Waals surface area contributed by atoms with Crippen LogP contribution in [0.5, 0.6) is 0 Å². The Morgan fingerprint density at radius 1 is 1.37 bits per heavy atom. The number of hydrogen-bond donors (Lipinski definition) is 3. The SMILES string of the molecule is Cc1c(NC(=O)N(C)CCCO)cccc1C(=O)O. The number of carboxylic acids is 1. The Morgan fingerprint density at radius 3 is 2.63 bits per heavy atom. The van der Waals surface area contributed by atoms with Crippen LogP contribution >= 0.6 is 0 Å². The van der Waals surface area contributed by atoms with Crippen molar-refractivity contribution in [2.24, 2.45) is 0 Å². The molecule has 0 saturated carbocycles. The molecule has 0 aliphatic rings. The van der Waals surface area contributed by atoms with E-state index in [9.17, 15) is 9.59 Å². The minimum atomic E-state index is -1.03. The van der Waals surface area contributed by atoms with E-state index in [1.54, 1.807) is 26.1 Å². The number of aliphatic hydroxyl groups excluding tert-OH is 1. The number of nitrogens with one attached hydrogen (secondary N) is 1. The molecule has 2 amide bonds. The monoisotopic (exact) mass is 266 g/mol. The fourth-order valence-corrected chi connectivity index (χ4v) is 1.62. The van der Waals surface area contributed by atoms with Crippen LogP contribution in [-0.4, -0.2) is 47.3 Å². The van der Waals surface area contributed by atoms with Crippen molar-refractivity contribution >= 4 is 17.7 Å². The number of hydrogen-bond acceptors (Lipinski definition) is 3. The van der Waals surface area contributed by atoms with Crippen molar-refractivity contribution in [3.05, 3.63) is 29.3 Å². The quantitative estimate of drug-likeness (QED) is 0.754. The maximum absolute atomic E-state index is 11.8. The van der Waals surface area contributed by atoms with Crippen LogP contribution in [0.3, 0.4) is 0 Å². The van der Waals surface area contributed by atoms with Crippen LogP contribution in [0, 0.1) is 6.92 Å². The van der Waals surface area contributed by atoms with E-state index in [1.165, 1.54) is 11.0 Å². The largest absolute Gasteiger partial charge is 0.478 e. The highest BCUT2D eigenvalue weighted by molar-refractivity contribution is 5.95. The van der Waals surface area contributed by atoms with Gasteiger partial charge in [-0.2, -0.15) is 0 Å². The molecule has 0 atom stereocenters. The van der Waals surface area contributed by atoms with Gasteiger partial charge in [0.05, 0.1) is 5.56 Å². The standard InChI is InChI=1S/C13H18N2O4/c1-9-10(12(17)18)5-3-6-11(9)14-13(19)15(2)7-4-8-16/h3,5-6,16H,4,7-8H2,1-2H3,(H,14,19)(H,17,18). The summed E-state index contributed by atoms with van der Waals surface area (Å²) < 4.78 is 0. The number of amides is 2. The molecule has 0 unspecified atom stereocenters. The third-order valence-corrected chi connectivity index (χ3v) is 2.80. The highest BCUT2D eigenvalue weighted by Gasteiger charge is 2.13. The average Bonchev–Trinajstić information content (AvgIpc) is 2.37. The fourth-order valence-electron chi connectivity index (χ4n) is 1.62. The van der Waals surface area contributed by atoms with Gasteiger partial charge in [-0.05, 0) is 31.0 Å². The lowest BCUT2D eigenvalue weighted by atomic mass is 10.1. The molecule has 0 heterocycles. The fraction of sp³-hybridized carbons (Fsp3) is 0.385. The van der Waals surface area contributed by atoms with Gasteiger partial charge in [0.1, 0.15) is 0 Å². The summed E-state index contributed by atoms with van der Waals surface area (Å²) in [7, 11) is 1.61. The van der Waals surface area contributed by atoms with E-state index in [1.807, 2.05) is 0 Å². The van der Waals surface area contributed by atoms with Crippen LogP contribution in [0.25, 0.3) is 0 Å². The Morgan fingerprint density at radius 2 is 2.05 bits per heavy atom. The summed E-state index contributed by atoms with van der Waals surface area (Å²) in [6, 6.07) is 4.39. The summed E-state index contributed by atoms with van der Waals surface area (Å²) in [6.07, 6.45) is 0.498. The second-order valence-electron chi connectivity index (χ2n) is 4.21. The van der Waals surface area contributed by atoms with Crippen molar-refractivity contribution in [2.75, 3.05) is 25.5 Å². The smallest absolute Gasteiger partial charge is 0.336 e. The lowest BCUT2D eigenvalue weighted by Gasteiger charge is -2.18. The first-order chi connectivity index (χ1) is 8.97. The predicted molar refractivity (Wildman–Crippen MR) is 71.5 cm³/mol. The number of carboxylic acid groups (broad SMARTS) is 1. The maximum Gasteiger partial charge on any atom is 0.336 e. The van der Waals surface area contributed by atoms with Crippen molar-refractivity contribution in [3.8, 4) is 0 Å². The van der Waals surface area contributed by atoms with Gasteiger partial charge in [0.2, 0.25) is 0 Å². The number of urea groups is 1. The van der Waals surface area contributed by atoms with Gasteiger partial charge in [-0.1, -0.05) is 6.07 Å². The number of benzene rings is 1. The number of nitrogens with zero attached hydrogens (tertiary/aromatic N) is 1. The molecular weight excluding hydrogens is 248 g/mol. The van der Waals surface area contributed by atoms with Crippen molar-refractivity contribution in [3.63, 3.8) is 0 Å². The number of anilines is 1. The Labute approximate surface area is 111 Å². The summed E-state index contributed by atoms with van der Waals surface area (Å²) in [5.74, 6) is -1.03. The van der Waals surface area contributed by atoms with Gasteiger partial charge in [0.25, 0.3) is 0 Å². The Balaban J connectivity index is 2.80. The molecule has 0 fully saturated rings. The number of aliphatic hydroxyl groups is 1. The molecule has 0 aliphatic heterocycles. The first kappa shape index (κ1) is 15.0.